The Bertz CT molecular complexity index is 1240. The molecule has 158 valence electrons. The van der Waals surface area contributed by atoms with Crippen LogP contribution >= 0.6 is 0 Å². The number of ether oxygens (including phenoxy) is 2. The number of carbonyl (C=O) groups is 1. The third kappa shape index (κ3) is 4.69. The maximum absolute atomic E-state index is 13.0. The third-order valence-electron chi connectivity index (χ3n) is 4.25. The first kappa shape index (κ1) is 20.1. The zero-order chi connectivity index (χ0) is 21.8. The van der Waals surface area contributed by atoms with E-state index in [2.05, 4.69) is 10.1 Å². The fraction of sp³-hybridized carbons (Fsp3) is 0.143. The summed E-state index contributed by atoms with van der Waals surface area (Å²) in [5.41, 5.74) is 1.54. The van der Waals surface area contributed by atoms with Crippen LogP contribution in [0.5, 0.6) is 5.75 Å². The fourth-order valence-electron chi connectivity index (χ4n) is 2.68. The fourth-order valence-corrected chi connectivity index (χ4v) is 2.68. The Hall–Kier alpha value is -4.21. The van der Waals surface area contributed by atoms with Gasteiger partial charge in [0.15, 0.2) is 0 Å². The van der Waals surface area contributed by atoms with Crippen LogP contribution < -0.4 is 10.5 Å². The number of halogens is 1. The standard InChI is InChI=1S/C21H16FN3O6/c1-28-17-8-4-13(5-9-17)19-23-16(12-30-19)11-29-18(26)10-25-21(27)31-20(24-25)14-2-6-15(22)7-3-14/h2-9,12H,10-11H2,1H3. The normalized spacial score (nSPS) is 10.8. The molecule has 0 radical (unpaired) electrons. The monoisotopic (exact) mass is 425 g/mol. The second kappa shape index (κ2) is 8.66. The predicted molar refractivity (Wildman–Crippen MR) is 104 cm³/mol. The van der Waals surface area contributed by atoms with Gasteiger partial charge < -0.3 is 18.3 Å². The van der Waals surface area contributed by atoms with Crippen molar-refractivity contribution in [1.82, 2.24) is 14.8 Å². The summed E-state index contributed by atoms with van der Waals surface area (Å²) in [4.78, 5) is 28.3. The molecular formula is C21H16FN3O6. The van der Waals surface area contributed by atoms with Gasteiger partial charge in [0.05, 0.1) is 7.11 Å². The molecule has 0 bridgehead atoms. The molecule has 0 N–H and O–H groups in total. The summed E-state index contributed by atoms with van der Waals surface area (Å²) in [5, 5.41) is 3.93. The quantitative estimate of drug-likeness (QED) is 0.416. The van der Waals surface area contributed by atoms with E-state index in [0.717, 1.165) is 10.2 Å². The minimum atomic E-state index is -0.834. The van der Waals surface area contributed by atoms with Gasteiger partial charge in [-0.15, -0.1) is 5.10 Å². The molecule has 10 heteroatoms. The van der Waals surface area contributed by atoms with Gasteiger partial charge in [-0.1, -0.05) is 0 Å². The lowest BCUT2D eigenvalue weighted by Gasteiger charge is -2.01. The van der Waals surface area contributed by atoms with Crippen molar-refractivity contribution >= 4 is 5.97 Å². The minimum absolute atomic E-state index is 0.0292. The lowest BCUT2D eigenvalue weighted by molar-refractivity contribution is -0.146. The summed E-state index contributed by atoms with van der Waals surface area (Å²) in [6.45, 7) is -0.595. The number of hydrogen-bond donors (Lipinski definition) is 0. The highest BCUT2D eigenvalue weighted by Crippen LogP contribution is 2.22. The van der Waals surface area contributed by atoms with Crippen LogP contribution in [-0.4, -0.2) is 27.8 Å². The van der Waals surface area contributed by atoms with E-state index in [9.17, 15) is 14.0 Å². The Morgan fingerprint density at radius 1 is 1.06 bits per heavy atom. The van der Waals surface area contributed by atoms with Gasteiger partial charge in [-0.25, -0.2) is 14.2 Å². The van der Waals surface area contributed by atoms with Gasteiger partial charge in [0.25, 0.3) is 0 Å². The molecule has 0 saturated heterocycles. The number of aromatic nitrogens is 3. The Morgan fingerprint density at radius 2 is 1.74 bits per heavy atom. The number of methoxy groups -OCH3 is 1. The molecule has 4 aromatic rings. The summed E-state index contributed by atoms with van der Waals surface area (Å²) >= 11 is 0. The molecule has 4 rings (SSSR count). The lowest BCUT2D eigenvalue weighted by atomic mass is 10.2. The molecule has 0 aliphatic rings. The first-order valence-corrected chi connectivity index (χ1v) is 9.10. The summed E-state index contributed by atoms with van der Waals surface area (Å²) in [6, 6.07) is 12.4. The van der Waals surface area contributed by atoms with Crippen LogP contribution in [-0.2, 0) is 22.7 Å². The zero-order valence-corrected chi connectivity index (χ0v) is 16.3. The van der Waals surface area contributed by atoms with Gasteiger partial charge >= 0.3 is 11.7 Å². The van der Waals surface area contributed by atoms with Gasteiger partial charge in [-0.05, 0) is 48.5 Å². The average molecular weight is 425 g/mol. The van der Waals surface area contributed by atoms with E-state index < -0.39 is 24.1 Å². The van der Waals surface area contributed by atoms with Gasteiger partial charge in [0, 0.05) is 11.1 Å². The van der Waals surface area contributed by atoms with Crippen molar-refractivity contribution in [1.29, 1.82) is 0 Å². The molecule has 9 nitrogen and oxygen atoms in total. The van der Waals surface area contributed by atoms with Crippen molar-refractivity contribution in [2.75, 3.05) is 7.11 Å². The summed E-state index contributed by atoms with van der Waals surface area (Å²) in [7, 11) is 1.57. The summed E-state index contributed by atoms with van der Waals surface area (Å²) in [6.07, 6.45) is 1.38. The molecule has 0 fully saturated rings. The van der Waals surface area contributed by atoms with Crippen LogP contribution in [0.25, 0.3) is 22.9 Å². The molecule has 31 heavy (non-hydrogen) atoms. The highest BCUT2D eigenvalue weighted by atomic mass is 19.1. The number of nitrogens with zero attached hydrogens (tertiary/aromatic N) is 3. The van der Waals surface area contributed by atoms with Gasteiger partial charge in [-0.2, -0.15) is 4.68 Å². The van der Waals surface area contributed by atoms with E-state index in [0.29, 0.717) is 22.9 Å². The molecule has 2 aromatic carbocycles. The first-order valence-electron chi connectivity index (χ1n) is 9.10. The van der Waals surface area contributed by atoms with Gasteiger partial charge in [0.2, 0.25) is 11.8 Å². The molecule has 0 aliphatic heterocycles. The van der Waals surface area contributed by atoms with Gasteiger partial charge in [-0.3, -0.25) is 4.79 Å². The predicted octanol–water partition coefficient (Wildman–Crippen LogP) is 3.05. The van der Waals surface area contributed by atoms with Crippen molar-refractivity contribution in [2.45, 2.75) is 13.2 Å². The molecular weight excluding hydrogens is 409 g/mol. The molecule has 0 atom stereocenters. The number of rotatable bonds is 7. The van der Waals surface area contributed by atoms with E-state index in [1.807, 2.05) is 0 Å². The Labute approximate surface area is 174 Å². The van der Waals surface area contributed by atoms with Crippen LogP contribution in [0.15, 0.2) is 68.4 Å². The number of carbonyl (C=O) groups excluding carboxylic acids is 1. The van der Waals surface area contributed by atoms with Crippen LogP contribution in [0.3, 0.4) is 0 Å². The SMILES string of the molecule is COc1ccc(-c2nc(COC(=O)Cn3nc(-c4ccc(F)cc4)oc3=O)co2)cc1. The maximum Gasteiger partial charge on any atom is 0.437 e. The Morgan fingerprint density at radius 3 is 2.45 bits per heavy atom. The third-order valence-corrected chi connectivity index (χ3v) is 4.25. The topological polar surface area (TPSA) is 110 Å². The van der Waals surface area contributed by atoms with E-state index in [1.165, 1.54) is 30.5 Å². The van der Waals surface area contributed by atoms with E-state index >= 15 is 0 Å². The largest absolute Gasteiger partial charge is 0.497 e. The van der Waals surface area contributed by atoms with E-state index in [4.69, 9.17) is 18.3 Å². The first-order chi connectivity index (χ1) is 15.0. The van der Waals surface area contributed by atoms with Crippen molar-refractivity contribution in [2.24, 2.45) is 0 Å². The number of hydrogen-bond acceptors (Lipinski definition) is 8. The van der Waals surface area contributed by atoms with Crippen LogP contribution in [0, 0.1) is 5.82 Å². The van der Waals surface area contributed by atoms with Gasteiger partial charge in [0.1, 0.15) is 36.7 Å². The molecule has 2 heterocycles. The minimum Gasteiger partial charge on any atom is -0.497 e. The zero-order valence-electron chi connectivity index (χ0n) is 16.3. The molecule has 0 unspecified atom stereocenters. The van der Waals surface area contributed by atoms with Crippen LogP contribution in [0.1, 0.15) is 5.69 Å². The highest BCUT2D eigenvalue weighted by Gasteiger charge is 2.15. The molecule has 0 spiro atoms. The molecule has 2 aromatic heterocycles. The van der Waals surface area contributed by atoms with Crippen molar-refractivity contribution in [3.63, 3.8) is 0 Å². The summed E-state index contributed by atoms with van der Waals surface area (Å²) < 4.78 is 34.5. The molecule has 0 saturated carbocycles. The summed E-state index contributed by atoms with van der Waals surface area (Å²) in [5.74, 6) is -0.939. The average Bonchev–Trinajstić information content (AvgIpc) is 3.40. The van der Waals surface area contributed by atoms with Crippen molar-refractivity contribution in [3.05, 3.63) is 76.9 Å². The molecule has 0 amide bonds. The Balaban J connectivity index is 1.36. The van der Waals surface area contributed by atoms with E-state index in [-0.39, 0.29) is 12.5 Å². The van der Waals surface area contributed by atoms with Crippen LogP contribution in [0.4, 0.5) is 4.39 Å². The second-order valence-electron chi connectivity index (χ2n) is 6.37. The maximum atomic E-state index is 13.0. The van der Waals surface area contributed by atoms with Crippen molar-refractivity contribution in [3.8, 4) is 28.7 Å². The Kier molecular flexibility index (Phi) is 5.61. The highest BCUT2D eigenvalue weighted by molar-refractivity contribution is 5.69. The van der Waals surface area contributed by atoms with E-state index in [1.54, 1.807) is 31.4 Å². The van der Waals surface area contributed by atoms with Crippen molar-refractivity contribution < 1.29 is 27.5 Å². The van der Waals surface area contributed by atoms with Crippen LogP contribution in [0.2, 0.25) is 0 Å². The second-order valence-corrected chi connectivity index (χ2v) is 6.37. The molecule has 0 aliphatic carbocycles. The number of esters is 1. The number of benzene rings is 2. The number of oxazole rings is 1. The smallest absolute Gasteiger partial charge is 0.437 e. The lowest BCUT2D eigenvalue weighted by Crippen LogP contribution is -2.23.